The predicted molar refractivity (Wildman–Crippen MR) is 67.2 cm³/mol. The Morgan fingerprint density at radius 3 is 3.00 bits per heavy atom. The fourth-order valence-electron chi connectivity index (χ4n) is 2.98. The number of rotatable bonds is 4. The summed E-state index contributed by atoms with van der Waals surface area (Å²) in [6.45, 7) is 2.24. The lowest BCUT2D eigenvalue weighted by molar-refractivity contribution is 0.352. The Kier molecular flexibility index (Phi) is 3.51. The van der Waals surface area contributed by atoms with Crippen LogP contribution in [0.25, 0.3) is 0 Å². The lowest BCUT2D eigenvalue weighted by Crippen LogP contribution is -2.16. The molecule has 0 radical (unpaired) electrons. The van der Waals surface area contributed by atoms with Gasteiger partial charge in [-0.05, 0) is 44.1 Å². The summed E-state index contributed by atoms with van der Waals surface area (Å²) in [5, 5.41) is 13.6. The van der Waals surface area contributed by atoms with Gasteiger partial charge in [0, 0.05) is 18.9 Å². The van der Waals surface area contributed by atoms with E-state index in [-0.39, 0.29) is 5.41 Å². The van der Waals surface area contributed by atoms with E-state index in [4.69, 9.17) is 0 Å². The van der Waals surface area contributed by atoms with Gasteiger partial charge >= 0.3 is 0 Å². The van der Waals surface area contributed by atoms with E-state index in [0.717, 1.165) is 31.6 Å². The topological polar surface area (TPSA) is 41.6 Å². The molecule has 1 aliphatic rings. The number of hydrogen-bond donors (Lipinski definition) is 0. The Balaban J connectivity index is 1.98. The highest BCUT2D eigenvalue weighted by atomic mass is 15.2. The summed E-state index contributed by atoms with van der Waals surface area (Å²) in [6.07, 6.45) is 8.42. The second kappa shape index (κ2) is 4.91. The first-order valence-corrected chi connectivity index (χ1v) is 6.57. The van der Waals surface area contributed by atoms with Crippen molar-refractivity contribution in [3.63, 3.8) is 0 Å². The molecule has 3 heteroatoms. The van der Waals surface area contributed by atoms with Gasteiger partial charge in [-0.25, -0.2) is 0 Å². The van der Waals surface area contributed by atoms with Crippen LogP contribution < -0.4 is 0 Å². The molecule has 0 saturated heterocycles. The Morgan fingerprint density at radius 1 is 1.65 bits per heavy atom. The maximum absolute atomic E-state index is 9.46. The number of aryl methyl sites for hydroxylation is 2. The van der Waals surface area contributed by atoms with Crippen LogP contribution in [0.15, 0.2) is 12.3 Å². The lowest BCUT2D eigenvalue weighted by Gasteiger charge is -2.20. The van der Waals surface area contributed by atoms with E-state index in [0.29, 0.717) is 0 Å². The summed E-state index contributed by atoms with van der Waals surface area (Å²) in [6, 6.07) is 4.65. The van der Waals surface area contributed by atoms with Crippen LogP contribution in [-0.2, 0) is 13.5 Å². The van der Waals surface area contributed by atoms with E-state index in [1.807, 2.05) is 17.9 Å². The normalized spacial score (nSPS) is 28.2. The molecule has 1 saturated carbocycles. The quantitative estimate of drug-likeness (QED) is 0.799. The first kappa shape index (κ1) is 12.2. The van der Waals surface area contributed by atoms with Crippen molar-refractivity contribution in [2.45, 2.75) is 45.4 Å². The Bertz CT molecular complexity index is 415. The largest absolute Gasteiger partial charge is 0.273 e. The molecule has 1 aliphatic carbocycles. The lowest BCUT2D eigenvalue weighted by atomic mass is 9.81. The van der Waals surface area contributed by atoms with Crippen molar-refractivity contribution in [3.8, 4) is 6.07 Å². The highest BCUT2D eigenvalue weighted by molar-refractivity contribution is 5.08. The van der Waals surface area contributed by atoms with E-state index in [1.54, 1.807) is 0 Å². The van der Waals surface area contributed by atoms with Crippen LogP contribution >= 0.6 is 0 Å². The molecule has 1 aromatic heterocycles. The number of nitrogens with zero attached hydrogens (tertiary/aromatic N) is 3. The molecule has 0 aromatic carbocycles. The molecule has 2 rings (SSSR count). The minimum atomic E-state index is -0.0645. The molecule has 92 valence electrons. The number of aromatic nitrogens is 2. The van der Waals surface area contributed by atoms with Gasteiger partial charge in [-0.15, -0.1) is 0 Å². The summed E-state index contributed by atoms with van der Waals surface area (Å²) in [4.78, 5) is 0. The highest BCUT2D eigenvalue weighted by Crippen LogP contribution is 2.45. The molecular weight excluding hydrogens is 210 g/mol. The smallest absolute Gasteiger partial charge is 0.0689 e. The molecule has 1 heterocycles. The molecule has 0 bridgehead atoms. The van der Waals surface area contributed by atoms with Crippen molar-refractivity contribution in [2.75, 3.05) is 0 Å². The fourth-order valence-corrected chi connectivity index (χ4v) is 2.98. The van der Waals surface area contributed by atoms with Gasteiger partial charge in [0.05, 0.1) is 11.5 Å². The van der Waals surface area contributed by atoms with Crippen molar-refractivity contribution in [1.82, 2.24) is 9.78 Å². The monoisotopic (exact) mass is 231 g/mol. The van der Waals surface area contributed by atoms with Crippen molar-refractivity contribution < 1.29 is 0 Å². The standard InChI is InChI=1S/C14H21N3/c1-3-12-4-7-14(10-12,11-15)8-5-13-6-9-16-17(13)2/h6,9,12H,3-5,7-8,10H2,1-2H3. The zero-order valence-corrected chi connectivity index (χ0v) is 10.8. The van der Waals surface area contributed by atoms with Gasteiger partial charge in [0.25, 0.3) is 0 Å². The summed E-state index contributed by atoms with van der Waals surface area (Å²) >= 11 is 0. The van der Waals surface area contributed by atoms with Gasteiger partial charge in [-0.1, -0.05) is 13.3 Å². The Morgan fingerprint density at radius 2 is 2.47 bits per heavy atom. The molecule has 2 atom stereocenters. The number of nitriles is 1. The summed E-state index contributed by atoms with van der Waals surface area (Å²) in [5.41, 5.74) is 1.17. The molecular formula is C14H21N3. The SMILES string of the molecule is CCC1CCC(C#N)(CCc2ccnn2C)C1. The summed E-state index contributed by atoms with van der Waals surface area (Å²) < 4.78 is 1.91. The molecule has 0 N–H and O–H groups in total. The first-order valence-electron chi connectivity index (χ1n) is 6.57. The van der Waals surface area contributed by atoms with Crippen LogP contribution in [0.5, 0.6) is 0 Å². The molecule has 0 amide bonds. The third kappa shape index (κ3) is 2.52. The van der Waals surface area contributed by atoms with Gasteiger partial charge in [-0.2, -0.15) is 10.4 Å². The summed E-state index contributed by atoms with van der Waals surface area (Å²) in [5.74, 6) is 0.765. The average molecular weight is 231 g/mol. The second-order valence-electron chi connectivity index (χ2n) is 5.36. The fraction of sp³-hybridized carbons (Fsp3) is 0.714. The molecule has 2 unspecified atom stereocenters. The molecule has 1 fully saturated rings. The van der Waals surface area contributed by atoms with Crippen LogP contribution in [0.3, 0.4) is 0 Å². The first-order chi connectivity index (χ1) is 8.19. The minimum absolute atomic E-state index is 0.0645. The van der Waals surface area contributed by atoms with Crippen molar-refractivity contribution >= 4 is 0 Å². The zero-order chi connectivity index (χ0) is 12.3. The van der Waals surface area contributed by atoms with Gasteiger partial charge in [0.2, 0.25) is 0 Å². The molecule has 3 nitrogen and oxygen atoms in total. The van der Waals surface area contributed by atoms with Gasteiger partial charge in [0.1, 0.15) is 0 Å². The third-order valence-corrected chi connectivity index (χ3v) is 4.31. The highest BCUT2D eigenvalue weighted by Gasteiger charge is 2.38. The van der Waals surface area contributed by atoms with E-state index in [9.17, 15) is 5.26 Å². The third-order valence-electron chi connectivity index (χ3n) is 4.31. The average Bonchev–Trinajstić information content (AvgIpc) is 2.94. The van der Waals surface area contributed by atoms with E-state index in [2.05, 4.69) is 24.2 Å². The maximum atomic E-state index is 9.46. The predicted octanol–water partition coefficient (Wildman–Crippen LogP) is 3.07. The maximum Gasteiger partial charge on any atom is 0.0689 e. The minimum Gasteiger partial charge on any atom is -0.273 e. The van der Waals surface area contributed by atoms with Crippen LogP contribution in [0.2, 0.25) is 0 Å². The molecule has 1 aromatic rings. The second-order valence-corrected chi connectivity index (χ2v) is 5.36. The van der Waals surface area contributed by atoms with Gasteiger partial charge < -0.3 is 0 Å². The van der Waals surface area contributed by atoms with Crippen molar-refractivity contribution in [3.05, 3.63) is 18.0 Å². The summed E-state index contributed by atoms with van der Waals surface area (Å²) in [7, 11) is 1.97. The molecule has 0 aliphatic heterocycles. The van der Waals surface area contributed by atoms with Gasteiger partial charge in [0.15, 0.2) is 0 Å². The van der Waals surface area contributed by atoms with Crippen LogP contribution in [0, 0.1) is 22.7 Å². The Hall–Kier alpha value is -1.30. The van der Waals surface area contributed by atoms with Crippen LogP contribution in [0.1, 0.15) is 44.7 Å². The number of hydrogen-bond acceptors (Lipinski definition) is 2. The van der Waals surface area contributed by atoms with E-state index < -0.39 is 0 Å². The molecule has 17 heavy (non-hydrogen) atoms. The van der Waals surface area contributed by atoms with Crippen molar-refractivity contribution in [2.24, 2.45) is 18.4 Å². The van der Waals surface area contributed by atoms with E-state index in [1.165, 1.54) is 18.5 Å². The molecule has 0 spiro atoms. The Labute approximate surface area is 103 Å². The van der Waals surface area contributed by atoms with Crippen LogP contribution in [0.4, 0.5) is 0 Å². The zero-order valence-electron chi connectivity index (χ0n) is 10.8. The van der Waals surface area contributed by atoms with Crippen LogP contribution in [-0.4, -0.2) is 9.78 Å². The van der Waals surface area contributed by atoms with Gasteiger partial charge in [-0.3, -0.25) is 4.68 Å². The van der Waals surface area contributed by atoms with Crippen molar-refractivity contribution in [1.29, 1.82) is 5.26 Å². The van der Waals surface area contributed by atoms with E-state index >= 15 is 0 Å².